The Morgan fingerprint density at radius 1 is 0.800 bits per heavy atom. The summed E-state index contributed by atoms with van der Waals surface area (Å²) in [7, 11) is 0. The van der Waals surface area contributed by atoms with Crippen molar-refractivity contribution in [2.45, 2.75) is 26.1 Å². The van der Waals surface area contributed by atoms with E-state index in [4.69, 9.17) is 4.74 Å². The summed E-state index contributed by atoms with van der Waals surface area (Å²) in [6.45, 7) is 3.33. The summed E-state index contributed by atoms with van der Waals surface area (Å²) in [5.74, 6) is 2.36. The highest BCUT2D eigenvalue weighted by Gasteiger charge is 2.10. The van der Waals surface area contributed by atoms with Crippen LogP contribution in [0.3, 0.4) is 0 Å². The smallest absolute Gasteiger partial charge is 0.135 e. The molecule has 0 aliphatic heterocycles. The van der Waals surface area contributed by atoms with Gasteiger partial charge in [-0.2, -0.15) is 0 Å². The molecule has 4 N–H and O–H groups in total. The molecule has 2 aromatic heterocycles. The molecule has 4 aromatic rings. The van der Waals surface area contributed by atoms with E-state index < -0.39 is 12.2 Å². The van der Waals surface area contributed by atoms with E-state index in [2.05, 4.69) is 19.9 Å². The van der Waals surface area contributed by atoms with Gasteiger partial charge in [0.05, 0.1) is 22.1 Å². The fourth-order valence-electron chi connectivity index (χ4n) is 2.68. The summed E-state index contributed by atoms with van der Waals surface area (Å²) in [5, 5.41) is 19.2. The van der Waals surface area contributed by atoms with Crippen molar-refractivity contribution in [3.8, 4) is 11.5 Å². The van der Waals surface area contributed by atoms with E-state index in [1.165, 1.54) is 0 Å². The zero-order valence-corrected chi connectivity index (χ0v) is 13.8. The Morgan fingerprint density at radius 2 is 1.24 bits per heavy atom. The number of aliphatic hydroxyl groups is 2. The van der Waals surface area contributed by atoms with Gasteiger partial charge in [0.1, 0.15) is 35.4 Å². The quantitative estimate of drug-likeness (QED) is 0.456. The molecule has 2 atom stereocenters. The molecule has 0 aliphatic rings. The lowest BCUT2D eigenvalue weighted by Crippen LogP contribution is -1.92. The number of hydrogen-bond acceptors (Lipinski definition) is 5. The van der Waals surface area contributed by atoms with E-state index in [-0.39, 0.29) is 0 Å². The number of H-pyrrole nitrogens is 2. The van der Waals surface area contributed by atoms with Crippen molar-refractivity contribution >= 4 is 22.1 Å². The molecule has 0 spiro atoms. The van der Waals surface area contributed by atoms with Crippen LogP contribution in [0.15, 0.2) is 36.4 Å². The van der Waals surface area contributed by atoms with Crippen LogP contribution in [0.1, 0.15) is 37.7 Å². The van der Waals surface area contributed by atoms with E-state index in [0.29, 0.717) is 23.1 Å². The topological polar surface area (TPSA) is 107 Å². The highest BCUT2D eigenvalue weighted by Crippen LogP contribution is 2.28. The summed E-state index contributed by atoms with van der Waals surface area (Å²) in [6.07, 6.45) is -1.30. The van der Waals surface area contributed by atoms with Gasteiger partial charge < -0.3 is 24.9 Å². The molecule has 2 aromatic carbocycles. The second-order valence-electron chi connectivity index (χ2n) is 6.06. The maximum atomic E-state index is 9.62. The van der Waals surface area contributed by atoms with Crippen molar-refractivity contribution in [1.29, 1.82) is 0 Å². The minimum atomic E-state index is -0.650. The third-order valence-electron chi connectivity index (χ3n) is 3.97. The van der Waals surface area contributed by atoms with Gasteiger partial charge in [0, 0.05) is 12.1 Å². The standard InChI is InChI=1S/C18H18N4O3/c1-9(23)17-19-13-5-3-11(7-15(13)21-17)25-12-4-6-14-16(8-12)22-18(20-14)10(2)24/h3-10,23-24H,1-2H3,(H,19,21)(H,20,22). The first kappa shape index (κ1) is 15.6. The number of rotatable bonds is 4. The van der Waals surface area contributed by atoms with E-state index in [0.717, 1.165) is 22.1 Å². The molecule has 2 unspecified atom stereocenters. The fourth-order valence-corrected chi connectivity index (χ4v) is 2.68. The Balaban J connectivity index is 1.64. The van der Waals surface area contributed by atoms with Gasteiger partial charge >= 0.3 is 0 Å². The minimum Gasteiger partial charge on any atom is -0.457 e. The SMILES string of the molecule is CC(O)c1nc2ccc(Oc3ccc4nc(C(C)O)[nH]c4c3)cc2[nH]1. The van der Waals surface area contributed by atoms with Crippen molar-refractivity contribution in [1.82, 2.24) is 19.9 Å². The molecule has 0 aliphatic carbocycles. The normalized spacial score (nSPS) is 14.1. The first-order valence-corrected chi connectivity index (χ1v) is 8.03. The van der Waals surface area contributed by atoms with Crippen LogP contribution in [0.5, 0.6) is 11.5 Å². The van der Waals surface area contributed by atoms with Gasteiger partial charge in [-0.05, 0) is 38.1 Å². The van der Waals surface area contributed by atoms with Crippen molar-refractivity contribution in [2.24, 2.45) is 0 Å². The number of fused-ring (bicyclic) bond motifs is 2. The number of nitrogens with zero attached hydrogens (tertiary/aromatic N) is 2. The first-order chi connectivity index (χ1) is 12.0. The van der Waals surface area contributed by atoms with Gasteiger partial charge in [-0.1, -0.05) is 0 Å². The molecule has 128 valence electrons. The van der Waals surface area contributed by atoms with Crippen LogP contribution < -0.4 is 4.74 Å². The lowest BCUT2D eigenvalue weighted by Gasteiger charge is -2.05. The Kier molecular flexibility index (Phi) is 3.67. The van der Waals surface area contributed by atoms with Gasteiger partial charge in [0.25, 0.3) is 0 Å². The second-order valence-corrected chi connectivity index (χ2v) is 6.06. The Labute approximate surface area is 143 Å². The van der Waals surface area contributed by atoms with Crippen molar-refractivity contribution in [3.63, 3.8) is 0 Å². The van der Waals surface area contributed by atoms with Crippen LogP contribution in [0.2, 0.25) is 0 Å². The highest BCUT2D eigenvalue weighted by atomic mass is 16.5. The van der Waals surface area contributed by atoms with Gasteiger partial charge in [-0.3, -0.25) is 0 Å². The van der Waals surface area contributed by atoms with Crippen molar-refractivity contribution in [3.05, 3.63) is 48.0 Å². The van der Waals surface area contributed by atoms with Gasteiger partial charge in [-0.25, -0.2) is 9.97 Å². The summed E-state index contributed by atoms with van der Waals surface area (Å²) < 4.78 is 5.91. The molecule has 7 nitrogen and oxygen atoms in total. The molecule has 0 saturated heterocycles. The van der Waals surface area contributed by atoms with Crippen molar-refractivity contribution in [2.75, 3.05) is 0 Å². The maximum absolute atomic E-state index is 9.62. The first-order valence-electron chi connectivity index (χ1n) is 8.03. The monoisotopic (exact) mass is 338 g/mol. The average Bonchev–Trinajstić information content (AvgIpc) is 3.17. The molecule has 7 heteroatoms. The zero-order chi connectivity index (χ0) is 17.6. The second kappa shape index (κ2) is 5.87. The number of ether oxygens (including phenoxy) is 1. The largest absolute Gasteiger partial charge is 0.457 e. The lowest BCUT2D eigenvalue weighted by molar-refractivity contribution is 0.190. The summed E-state index contributed by atoms with van der Waals surface area (Å²) in [5.41, 5.74) is 3.14. The number of nitrogens with one attached hydrogen (secondary N) is 2. The number of imidazole rings is 2. The molecule has 0 saturated carbocycles. The van der Waals surface area contributed by atoms with Crippen LogP contribution in [0, 0.1) is 0 Å². The third-order valence-corrected chi connectivity index (χ3v) is 3.97. The Hall–Kier alpha value is -2.90. The van der Waals surface area contributed by atoms with Gasteiger partial charge in [-0.15, -0.1) is 0 Å². The predicted octanol–water partition coefficient (Wildman–Crippen LogP) is 3.34. The molecule has 0 amide bonds. The van der Waals surface area contributed by atoms with E-state index in [9.17, 15) is 10.2 Å². The number of aromatic amines is 2. The molecule has 0 radical (unpaired) electrons. The number of hydrogen-bond donors (Lipinski definition) is 4. The number of benzene rings is 2. The number of aromatic nitrogens is 4. The van der Waals surface area contributed by atoms with Crippen LogP contribution in [-0.4, -0.2) is 30.1 Å². The molecule has 25 heavy (non-hydrogen) atoms. The van der Waals surface area contributed by atoms with Crippen LogP contribution >= 0.6 is 0 Å². The third kappa shape index (κ3) is 2.95. The van der Waals surface area contributed by atoms with Crippen molar-refractivity contribution < 1.29 is 14.9 Å². The number of aliphatic hydroxyl groups excluding tert-OH is 2. The fraction of sp³-hybridized carbons (Fsp3) is 0.222. The zero-order valence-electron chi connectivity index (χ0n) is 13.8. The van der Waals surface area contributed by atoms with Crippen LogP contribution in [0.4, 0.5) is 0 Å². The van der Waals surface area contributed by atoms with Gasteiger partial charge in [0.15, 0.2) is 0 Å². The van der Waals surface area contributed by atoms with E-state index in [1.54, 1.807) is 13.8 Å². The maximum Gasteiger partial charge on any atom is 0.135 e. The molecule has 0 fully saturated rings. The summed E-state index contributed by atoms with van der Waals surface area (Å²) in [4.78, 5) is 14.8. The molecular formula is C18H18N4O3. The minimum absolute atomic E-state index is 0.525. The summed E-state index contributed by atoms with van der Waals surface area (Å²) in [6, 6.07) is 11.0. The molecule has 4 rings (SSSR count). The Morgan fingerprint density at radius 3 is 1.64 bits per heavy atom. The highest BCUT2D eigenvalue weighted by molar-refractivity contribution is 5.78. The predicted molar refractivity (Wildman–Crippen MR) is 93.5 cm³/mol. The molecule has 0 bridgehead atoms. The Bertz CT molecular complexity index is 965. The van der Waals surface area contributed by atoms with Gasteiger partial charge in [0.2, 0.25) is 0 Å². The average molecular weight is 338 g/mol. The van der Waals surface area contributed by atoms with Crippen LogP contribution in [-0.2, 0) is 0 Å². The lowest BCUT2D eigenvalue weighted by atomic mass is 10.3. The molecular weight excluding hydrogens is 320 g/mol. The molecule has 2 heterocycles. The summed E-state index contributed by atoms with van der Waals surface area (Å²) >= 11 is 0. The van der Waals surface area contributed by atoms with E-state index >= 15 is 0 Å². The van der Waals surface area contributed by atoms with E-state index in [1.807, 2.05) is 36.4 Å². The van der Waals surface area contributed by atoms with Crippen LogP contribution in [0.25, 0.3) is 22.1 Å².